The van der Waals surface area contributed by atoms with Gasteiger partial charge in [-0.2, -0.15) is 0 Å². The zero-order valence-corrected chi connectivity index (χ0v) is 16.8. The molecule has 0 amide bonds. The summed E-state index contributed by atoms with van der Waals surface area (Å²) in [4.78, 5) is 4.48. The SMILES string of the molecule is CCCOc1cc(B2OC(C)(C)C(C)(C)O2)cnc1OCc1ccccc1. The van der Waals surface area contributed by atoms with Crippen LogP contribution in [0, 0.1) is 0 Å². The normalized spacial score (nSPS) is 17.7. The molecule has 2 aromatic rings. The van der Waals surface area contributed by atoms with Crippen molar-refractivity contribution in [3.8, 4) is 11.6 Å². The molecule has 0 bridgehead atoms. The third-order valence-corrected chi connectivity index (χ3v) is 5.04. The van der Waals surface area contributed by atoms with Crippen molar-refractivity contribution in [1.82, 2.24) is 4.98 Å². The van der Waals surface area contributed by atoms with E-state index in [4.69, 9.17) is 18.8 Å². The number of hydrogen-bond donors (Lipinski definition) is 0. The summed E-state index contributed by atoms with van der Waals surface area (Å²) in [5.74, 6) is 1.09. The van der Waals surface area contributed by atoms with Crippen molar-refractivity contribution in [3.05, 3.63) is 48.2 Å². The van der Waals surface area contributed by atoms with Crippen molar-refractivity contribution in [1.29, 1.82) is 0 Å². The predicted octanol–water partition coefficient (Wildman–Crippen LogP) is 3.75. The van der Waals surface area contributed by atoms with Gasteiger partial charge in [-0.3, -0.25) is 0 Å². The molecule has 3 rings (SSSR count). The summed E-state index contributed by atoms with van der Waals surface area (Å²) in [5.41, 5.74) is 1.11. The van der Waals surface area contributed by atoms with Gasteiger partial charge in [-0.15, -0.1) is 0 Å². The van der Waals surface area contributed by atoms with Gasteiger partial charge >= 0.3 is 7.12 Å². The fourth-order valence-corrected chi connectivity index (χ4v) is 2.70. The summed E-state index contributed by atoms with van der Waals surface area (Å²) in [6.45, 7) is 11.2. The lowest BCUT2D eigenvalue weighted by molar-refractivity contribution is 0.00578. The maximum atomic E-state index is 6.12. The fourth-order valence-electron chi connectivity index (χ4n) is 2.70. The second-order valence-corrected chi connectivity index (χ2v) is 7.78. The van der Waals surface area contributed by atoms with Crippen LogP contribution in [-0.2, 0) is 15.9 Å². The second kappa shape index (κ2) is 7.91. The van der Waals surface area contributed by atoms with E-state index in [2.05, 4.69) is 11.9 Å². The summed E-state index contributed by atoms with van der Waals surface area (Å²) < 4.78 is 24.0. The third-order valence-electron chi connectivity index (χ3n) is 5.04. The van der Waals surface area contributed by atoms with Crippen molar-refractivity contribution in [2.45, 2.75) is 58.8 Å². The zero-order chi connectivity index (χ0) is 19.5. The first kappa shape index (κ1) is 19.7. The highest BCUT2D eigenvalue weighted by atomic mass is 16.7. The molecule has 27 heavy (non-hydrogen) atoms. The quantitative estimate of drug-likeness (QED) is 0.696. The van der Waals surface area contributed by atoms with Crippen LogP contribution in [-0.4, -0.2) is 29.9 Å². The predicted molar refractivity (Wildman–Crippen MR) is 107 cm³/mol. The Morgan fingerprint density at radius 3 is 2.30 bits per heavy atom. The molecule has 0 radical (unpaired) electrons. The number of nitrogens with zero attached hydrogens (tertiary/aromatic N) is 1. The van der Waals surface area contributed by atoms with Gasteiger partial charge in [0.2, 0.25) is 0 Å². The van der Waals surface area contributed by atoms with E-state index in [1.807, 2.05) is 64.1 Å². The van der Waals surface area contributed by atoms with Crippen LogP contribution < -0.4 is 14.9 Å². The first-order valence-corrected chi connectivity index (χ1v) is 9.47. The Morgan fingerprint density at radius 2 is 1.67 bits per heavy atom. The van der Waals surface area contributed by atoms with E-state index in [0.29, 0.717) is 24.8 Å². The van der Waals surface area contributed by atoms with Crippen molar-refractivity contribution < 1.29 is 18.8 Å². The summed E-state index contributed by atoms with van der Waals surface area (Å²) in [6, 6.07) is 11.9. The number of rotatable bonds is 7. The van der Waals surface area contributed by atoms with Gasteiger partial charge in [-0.25, -0.2) is 4.98 Å². The van der Waals surface area contributed by atoms with Crippen LogP contribution in [0.1, 0.15) is 46.6 Å². The molecule has 5 nitrogen and oxygen atoms in total. The second-order valence-electron chi connectivity index (χ2n) is 7.78. The Hall–Kier alpha value is -2.05. The topological polar surface area (TPSA) is 49.8 Å². The molecule has 1 aromatic heterocycles. The lowest BCUT2D eigenvalue weighted by Crippen LogP contribution is -2.41. The van der Waals surface area contributed by atoms with E-state index in [1.165, 1.54) is 0 Å². The number of benzene rings is 1. The first-order chi connectivity index (χ1) is 12.8. The monoisotopic (exact) mass is 369 g/mol. The minimum atomic E-state index is -0.477. The van der Waals surface area contributed by atoms with E-state index >= 15 is 0 Å². The molecule has 1 aromatic carbocycles. The zero-order valence-electron chi connectivity index (χ0n) is 16.8. The minimum Gasteiger partial charge on any atom is -0.488 e. The van der Waals surface area contributed by atoms with E-state index in [9.17, 15) is 0 Å². The Morgan fingerprint density at radius 1 is 1.00 bits per heavy atom. The molecule has 6 heteroatoms. The van der Waals surface area contributed by atoms with Crippen molar-refractivity contribution in [2.75, 3.05) is 6.61 Å². The number of ether oxygens (including phenoxy) is 2. The van der Waals surface area contributed by atoms with Gasteiger partial charge in [0.05, 0.1) is 17.8 Å². The van der Waals surface area contributed by atoms with Gasteiger partial charge in [0.15, 0.2) is 5.75 Å². The van der Waals surface area contributed by atoms with Gasteiger partial charge < -0.3 is 18.8 Å². The molecule has 0 N–H and O–H groups in total. The molecule has 1 aliphatic rings. The highest BCUT2D eigenvalue weighted by Gasteiger charge is 2.52. The molecule has 0 aliphatic carbocycles. The molecule has 144 valence electrons. The van der Waals surface area contributed by atoms with Crippen LogP contribution in [0.2, 0.25) is 0 Å². The van der Waals surface area contributed by atoms with Gasteiger partial charge in [0.25, 0.3) is 5.88 Å². The van der Waals surface area contributed by atoms with Gasteiger partial charge in [-0.1, -0.05) is 37.3 Å². The van der Waals surface area contributed by atoms with Crippen LogP contribution in [0.15, 0.2) is 42.6 Å². The molecule has 1 aliphatic heterocycles. The molecular weight excluding hydrogens is 341 g/mol. The molecule has 0 unspecified atom stereocenters. The third kappa shape index (κ3) is 4.45. The van der Waals surface area contributed by atoms with Gasteiger partial charge in [0.1, 0.15) is 6.61 Å². The van der Waals surface area contributed by atoms with E-state index < -0.39 is 18.3 Å². The first-order valence-electron chi connectivity index (χ1n) is 9.47. The average Bonchev–Trinajstić information content (AvgIpc) is 2.87. The minimum absolute atomic E-state index is 0.398. The maximum absolute atomic E-state index is 6.12. The van der Waals surface area contributed by atoms with Gasteiger partial charge in [0, 0.05) is 11.7 Å². The number of aromatic nitrogens is 1. The van der Waals surface area contributed by atoms with E-state index in [-0.39, 0.29) is 0 Å². The van der Waals surface area contributed by atoms with Crippen LogP contribution in [0.25, 0.3) is 0 Å². The highest BCUT2D eigenvalue weighted by molar-refractivity contribution is 6.62. The summed E-state index contributed by atoms with van der Waals surface area (Å²) in [7, 11) is -0.477. The standard InChI is InChI=1S/C21H28BNO4/c1-6-12-24-18-13-17(22-26-20(2,3)21(4,5)27-22)14-23-19(18)25-15-16-10-8-7-9-11-16/h7-11,13-14H,6,12,15H2,1-5H3. The molecular formula is C21H28BNO4. The molecule has 1 fully saturated rings. The Kier molecular flexibility index (Phi) is 5.77. The van der Waals surface area contributed by atoms with E-state index in [1.54, 1.807) is 6.20 Å². The molecule has 0 saturated carbocycles. The summed E-state index contributed by atoms with van der Waals surface area (Å²) >= 11 is 0. The Balaban J connectivity index is 1.79. The molecule has 1 saturated heterocycles. The molecule has 2 heterocycles. The average molecular weight is 369 g/mol. The Bertz CT molecular complexity index is 748. The van der Waals surface area contributed by atoms with Gasteiger partial charge in [-0.05, 0) is 45.7 Å². The van der Waals surface area contributed by atoms with Crippen molar-refractivity contribution >= 4 is 12.6 Å². The van der Waals surface area contributed by atoms with Crippen LogP contribution >= 0.6 is 0 Å². The number of hydrogen-bond acceptors (Lipinski definition) is 5. The maximum Gasteiger partial charge on any atom is 0.496 e. The largest absolute Gasteiger partial charge is 0.496 e. The lowest BCUT2D eigenvalue weighted by Gasteiger charge is -2.32. The van der Waals surface area contributed by atoms with Crippen LogP contribution in [0.5, 0.6) is 11.6 Å². The summed E-state index contributed by atoms with van der Waals surface area (Å²) in [6.07, 6.45) is 2.64. The summed E-state index contributed by atoms with van der Waals surface area (Å²) in [5, 5.41) is 0. The van der Waals surface area contributed by atoms with E-state index in [0.717, 1.165) is 17.4 Å². The fraction of sp³-hybridized carbons (Fsp3) is 0.476. The highest BCUT2D eigenvalue weighted by Crippen LogP contribution is 2.37. The van der Waals surface area contributed by atoms with Crippen molar-refractivity contribution in [3.63, 3.8) is 0 Å². The van der Waals surface area contributed by atoms with Crippen LogP contribution in [0.3, 0.4) is 0 Å². The smallest absolute Gasteiger partial charge is 0.488 e. The number of pyridine rings is 1. The lowest BCUT2D eigenvalue weighted by atomic mass is 9.80. The molecule has 0 spiro atoms. The van der Waals surface area contributed by atoms with Crippen LogP contribution in [0.4, 0.5) is 0 Å². The Labute approximate surface area is 162 Å². The molecule has 0 atom stereocenters. The van der Waals surface area contributed by atoms with Crippen molar-refractivity contribution in [2.24, 2.45) is 0 Å².